The Labute approximate surface area is 116 Å². The van der Waals surface area contributed by atoms with E-state index in [0.29, 0.717) is 27.1 Å². The lowest BCUT2D eigenvalue weighted by Crippen LogP contribution is -2.32. The zero-order chi connectivity index (χ0) is 13.6. The fourth-order valence-corrected chi connectivity index (χ4v) is 4.40. The van der Waals surface area contributed by atoms with Crippen LogP contribution in [0.25, 0.3) is 0 Å². The molecule has 0 aromatic rings. The number of nitrogens with two attached hydrogens (primary N) is 2. The van der Waals surface area contributed by atoms with Crippen LogP contribution in [-0.2, 0) is 0 Å². The van der Waals surface area contributed by atoms with Gasteiger partial charge in [0, 0.05) is 11.3 Å². The van der Waals surface area contributed by atoms with Gasteiger partial charge in [0.1, 0.15) is 0 Å². The maximum atomic E-state index is 9.42. The summed E-state index contributed by atoms with van der Waals surface area (Å²) in [6.07, 6.45) is 7.51. The highest BCUT2D eigenvalue weighted by atomic mass is 32.2. The van der Waals surface area contributed by atoms with Gasteiger partial charge in [-0.3, -0.25) is 0 Å². The minimum atomic E-state index is -0.257. The van der Waals surface area contributed by atoms with Crippen molar-refractivity contribution in [3.05, 3.63) is 33.4 Å². The van der Waals surface area contributed by atoms with Crippen LogP contribution in [0.2, 0.25) is 0 Å². The van der Waals surface area contributed by atoms with E-state index in [-0.39, 0.29) is 11.3 Å². The van der Waals surface area contributed by atoms with E-state index in [9.17, 15) is 10.5 Å². The fraction of sp³-hybridized carbons (Fsp3) is 0.429. The molecular weight excluding hydrogens is 256 g/mol. The third-order valence-electron chi connectivity index (χ3n) is 4.47. The van der Waals surface area contributed by atoms with Gasteiger partial charge in [-0.25, -0.2) is 0 Å². The smallest absolute Gasteiger partial charge is 0.0981 e. The maximum Gasteiger partial charge on any atom is 0.0981 e. The number of thioether (sulfide) groups is 1. The van der Waals surface area contributed by atoms with E-state index in [4.69, 9.17) is 11.5 Å². The number of allylic oxidation sites excluding steroid dienone is 4. The van der Waals surface area contributed by atoms with Crippen molar-refractivity contribution in [2.24, 2.45) is 28.7 Å². The molecule has 0 aromatic heterocycles. The first-order chi connectivity index (χ1) is 9.11. The SMILES string of the molecule is N#CC1=C(N)SC(N)=C(C#N)C1[C@@]12C=C[C@@H](CC1)C2. The minimum Gasteiger partial charge on any atom is -0.392 e. The molecule has 0 radical (unpaired) electrons. The summed E-state index contributed by atoms with van der Waals surface area (Å²) in [6, 6.07) is 4.40. The normalized spacial score (nSPS) is 33.7. The number of nitrogens with zero attached hydrogens (tertiary/aromatic N) is 2. The van der Waals surface area contributed by atoms with E-state index >= 15 is 0 Å². The van der Waals surface area contributed by atoms with E-state index in [0.717, 1.165) is 31.0 Å². The van der Waals surface area contributed by atoms with Gasteiger partial charge in [0.15, 0.2) is 0 Å². The zero-order valence-corrected chi connectivity index (χ0v) is 11.2. The van der Waals surface area contributed by atoms with E-state index in [1.165, 1.54) is 0 Å². The summed E-state index contributed by atoms with van der Waals surface area (Å²) in [5, 5.41) is 19.7. The fourth-order valence-electron chi connectivity index (χ4n) is 3.62. The Bertz CT molecular complexity index is 580. The molecule has 0 amide bonds. The first-order valence-electron chi connectivity index (χ1n) is 6.28. The van der Waals surface area contributed by atoms with Crippen LogP contribution in [-0.4, -0.2) is 0 Å². The van der Waals surface area contributed by atoms with Crippen molar-refractivity contribution in [2.45, 2.75) is 19.3 Å². The van der Waals surface area contributed by atoms with Crippen LogP contribution in [0, 0.1) is 39.9 Å². The van der Waals surface area contributed by atoms with E-state index in [1.54, 1.807) is 0 Å². The van der Waals surface area contributed by atoms with Crippen molar-refractivity contribution in [2.75, 3.05) is 0 Å². The number of nitriles is 2. The second-order valence-electron chi connectivity index (χ2n) is 5.41. The zero-order valence-electron chi connectivity index (χ0n) is 10.4. The predicted molar refractivity (Wildman–Crippen MR) is 73.6 cm³/mol. The highest BCUT2D eigenvalue weighted by Gasteiger charge is 2.51. The Morgan fingerprint density at radius 2 is 1.84 bits per heavy atom. The Hall–Kier alpha value is -1.85. The number of fused-ring (bicyclic) bond motifs is 2. The van der Waals surface area contributed by atoms with Gasteiger partial charge in [-0.2, -0.15) is 10.5 Å². The molecule has 3 aliphatic rings. The average molecular weight is 270 g/mol. The minimum absolute atomic E-state index is 0.128. The number of hydrogen-bond donors (Lipinski definition) is 2. The van der Waals surface area contributed by atoms with Crippen molar-refractivity contribution in [1.29, 1.82) is 10.5 Å². The molecule has 4 nitrogen and oxygen atoms in total. The van der Waals surface area contributed by atoms with Crippen LogP contribution in [0.1, 0.15) is 19.3 Å². The molecule has 2 bridgehead atoms. The molecule has 3 rings (SSSR count). The average Bonchev–Trinajstić information content (AvgIpc) is 2.99. The first kappa shape index (κ1) is 12.2. The molecule has 0 unspecified atom stereocenters. The molecule has 0 saturated heterocycles. The third kappa shape index (κ3) is 1.59. The predicted octanol–water partition coefficient (Wildman–Crippen LogP) is 2.09. The summed E-state index contributed by atoms with van der Waals surface area (Å²) < 4.78 is 0. The molecule has 0 aromatic carbocycles. The molecular formula is C14H14N4S. The Morgan fingerprint density at radius 1 is 1.21 bits per heavy atom. The molecule has 5 heteroatoms. The van der Waals surface area contributed by atoms with Crippen LogP contribution < -0.4 is 11.5 Å². The Morgan fingerprint density at radius 3 is 2.21 bits per heavy atom. The molecule has 4 N–H and O–H groups in total. The van der Waals surface area contributed by atoms with Gasteiger partial charge in [-0.1, -0.05) is 23.9 Å². The topological polar surface area (TPSA) is 99.6 Å². The highest BCUT2D eigenvalue weighted by molar-refractivity contribution is 8.06. The summed E-state index contributed by atoms with van der Waals surface area (Å²) in [4.78, 5) is 0. The monoisotopic (exact) mass is 270 g/mol. The largest absolute Gasteiger partial charge is 0.392 e. The highest BCUT2D eigenvalue weighted by Crippen LogP contribution is 2.59. The van der Waals surface area contributed by atoms with E-state index in [2.05, 4.69) is 24.3 Å². The van der Waals surface area contributed by atoms with Crippen molar-refractivity contribution in [3.8, 4) is 12.1 Å². The molecule has 1 heterocycles. The van der Waals surface area contributed by atoms with Gasteiger partial charge >= 0.3 is 0 Å². The van der Waals surface area contributed by atoms with Gasteiger partial charge in [0.25, 0.3) is 0 Å². The first-order valence-corrected chi connectivity index (χ1v) is 7.09. The van der Waals surface area contributed by atoms with E-state index < -0.39 is 0 Å². The van der Waals surface area contributed by atoms with Gasteiger partial charge in [-0.05, 0) is 25.2 Å². The lowest BCUT2D eigenvalue weighted by molar-refractivity contribution is 0.320. The van der Waals surface area contributed by atoms with Crippen molar-refractivity contribution in [1.82, 2.24) is 0 Å². The molecule has 1 fully saturated rings. The third-order valence-corrected chi connectivity index (χ3v) is 5.35. The molecule has 2 atom stereocenters. The van der Waals surface area contributed by atoms with Crippen LogP contribution >= 0.6 is 11.8 Å². The summed E-state index contributed by atoms with van der Waals surface area (Å²) in [6.45, 7) is 0. The lowest BCUT2D eigenvalue weighted by atomic mass is 9.68. The van der Waals surface area contributed by atoms with Crippen LogP contribution in [0.5, 0.6) is 0 Å². The van der Waals surface area contributed by atoms with Gasteiger partial charge in [0.2, 0.25) is 0 Å². The van der Waals surface area contributed by atoms with Gasteiger partial charge in [-0.15, -0.1) is 0 Å². The van der Waals surface area contributed by atoms with Crippen LogP contribution in [0.3, 0.4) is 0 Å². The van der Waals surface area contributed by atoms with Crippen LogP contribution in [0.4, 0.5) is 0 Å². The maximum absolute atomic E-state index is 9.42. The molecule has 0 spiro atoms. The molecule has 96 valence electrons. The van der Waals surface area contributed by atoms with Crippen molar-refractivity contribution >= 4 is 11.8 Å². The molecule has 1 aliphatic heterocycles. The van der Waals surface area contributed by atoms with Gasteiger partial charge in [0.05, 0.1) is 33.3 Å². The van der Waals surface area contributed by atoms with Crippen molar-refractivity contribution in [3.63, 3.8) is 0 Å². The second-order valence-corrected chi connectivity index (χ2v) is 6.49. The molecule has 2 aliphatic carbocycles. The van der Waals surface area contributed by atoms with Gasteiger partial charge < -0.3 is 11.5 Å². The molecule has 1 saturated carbocycles. The number of rotatable bonds is 1. The van der Waals surface area contributed by atoms with Crippen LogP contribution in [0.15, 0.2) is 33.4 Å². The standard InChI is InChI=1S/C14H14N4S/c15-6-9-11(10(7-16)13(18)19-12(9)17)14-3-1-8(5-14)2-4-14/h1,3,8,11H,2,4-5,17-18H2/t8-,14-/m0/s1. The Kier molecular flexibility index (Phi) is 2.62. The lowest BCUT2D eigenvalue weighted by Gasteiger charge is -2.36. The Balaban J connectivity index is 2.15. The van der Waals surface area contributed by atoms with E-state index in [1.807, 2.05) is 0 Å². The quantitative estimate of drug-likeness (QED) is 0.711. The number of hydrogen-bond acceptors (Lipinski definition) is 5. The second kappa shape index (κ2) is 4.08. The molecule has 19 heavy (non-hydrogen) atoms. The summed E-state index contributed by atoms with van der Waals surface area (Å²) in [7, 11) is 0. The summed E-state index contributed by atoms with van der Waals surface area (Å²) in [5.41, 5.74) is 12.8. The summed E-state index contributed by atoms with van der Waals surface area (Å²) in [5.74, 6) is 0.324. The van der Waals surface area contributed by atoms with Crippen molar-refractivity contribution < 1.29 is 0 Å². The summed E-state index contributed by atoms with van der Waals surface area (Å²) >= 11 is 1.14.